The molecule has 0 aromatic heterocycles. The first-order valence-electron chi connectivity index (χ1n) is 8.23. The standard InChI is InChI=1S/C20H24F2O2/c1-14(2)17-5-4-6-19(13-17)23-12-11-15(3)16-7-9-18(10-8-16)24-20(21)22/h4-10,13-15,20H,11-12H2,1-3H3. The van der Waals surface area contributed by atoms with Crippen molar-refractivity contribution in [2.75, 3.05) is 6.61 Å². The molecule has 0 spiro atoms. The fourth-order valence-corrected chi connectivity index (χ4v) is 2.46. The van der Waals surface area contributed by atoms with E-state index in [2.05, 4.69) is 37.6 Å². The predicted octanol–water partition coefficient (Wildman–Crippen LogP) is 5.98. The van der Waals surface area contributed by atoms with Crippen LogP contribution in [0, 0.1) is 0 Å². The fourth-order valence-electron chi connectivity index (χ4n) is 2.46. The Bertz CT molecular complexity index is 624. The largest absolute Gasteiger partial charge is 0.494 e. The molecule has 0 radical (unpaired) electrons. The van der Waals surface area contributed by atoms with Gasteiger partial charge in [0.25, 0.3) is 0 Å². The summed E-state index contributed by atoms with van der Waals surface area (Å²) in [5.74, 6) is 1.82. The molecule has 0 fully saturated rings. The van der Waals surface area contributed by atoms with Crippen molar-refractivity contribution in [3.8, 4) is 11.5 Å². The minimum Gasteiger partial charge on any atom is -0.494 e. The molecule has 2 nitrogen and oxygen atoms in total. The lowest BCUT2D eigenvalue weighted by Crippen LogP contribution is -2.04. The van der Waals surface area contributed by atoms with Gasteiger partial charge in [-0.2, -0.15) is 8.78 Å². The summed E-state index contributed by atoms with van der Waals surface area (Å²) in [6, 6.07) is 14.9. The van der Waals surface area contributed by atoms with E-state index in [1.807, 2.05) is 24.3 Å². The van der Waals surface area contributed by atoms with Crippen LogP contribution in [0.2, 0.25) is 0 Å². The first kappa shape index (κ1) is 18.2. The van der Waals surface area contributed by atoms with Gasteiger partial charge < -0.3 is 9.47 Å². The summed E-state index contributed by atoms with van der Waals surface area (Å²) in [7, 11) is 0. The number of ether oxygens (including phenoxy) is 2. The van der Waals surface area contributed by atoms with Crippen LogP contribution in [0.3, 0.4) is 0 Å². The number of halogens is 2. The predicted molar refractivity (Wildman–Crippen MR) is 92.1 cm³/mol. The Morgan fingerprint density at radius 2 is 1.58 bits per heavy atom. The van der Waals surface area contributed by atoms with Crippen molar-refractivity contribution in [3.63, 3.8) is 0 Å². The van der Waals surface area contributed by atoms with E-state index in [-0.39, 0.29) is 11.7 Å². The van der Waals surface area contributed by atoms with Crippen LogP contribution < -0.4 is 9.47 Å². The number of benzene rings is 2. The number of hydrogen-bond donors (Lipinski definition) is 0. The number of rotatable bonds is 8. The second-order valence-electron chi connectivity index (χ2n) is 6.21. The summed E-state index contributed by atoms with van der Waals surface area (Å²) < 4.78 is 34.5. The van der Waals surface area contributed by atoms with Crippen molar-refractivity contribution in [1.82, 2.24) is 0 Å². The second-order valence-corrected chi connectivity index (χ2v) is 6.21. The van der Waals surface area contributed by atoms with Crippen molar-refractivity contribution in [2.24, 2.45) is 0 Å². The zero-order chi connectivity index (χ0) is 17.5. The molecule has 24 heavy (non-hydrogen) atoms. The molecule has 1 unspecified atom stereocenters. The van der Waals surface area contributed by atoms with E-state index >= 15 is 0 Å². The quantitative estimate of drug-likeness (QED) is 0.591. The van der Waals surface area contributed by atoms with Gasteiger partial charge in [-0.3, -0.25) is 0 Å². The Kier molecular flexibility index (Phi) is 6.59. The smallest absolute Gasteiger partial charge is 0.387 e. The lowest BCUT2D eigenvalue weighted by Gasteiger charge is -2.14. The average Bonchev–Trinajstić information content (AvgIpc) is 2.55. The van der Waals surface area contributed by atoms with Gasteiger partial charge in [-0.05, 0) is 53.6 Å². The maximum atomic E-state index is 12.1. The van der Waals surface area contributed by atoms with Gasteiger partial charge >= 0.3 is 6.61 Å². The first-order chi connectivity index (χ1) is 11.5. The fraction of sp³-hybridized carbons (Fsp3) is 0.400. The van der Waals surface area contributed by atoms with Crippen LogP contribution in [-0.4, -0.2) is 13.2 Å². The van der Waals surface area contributed by atoms with Crippen molar-refractivity contribution in [1.29, 1.82) is 0 Å². The van der Waals surface area contributed by atoms with Gasteiger partial charge in [0, 0.05) is 0 Å². The summed E-state index contributed by atoms with van der Waals surface area (Å²) >= 11 is 0. The molecule has 0 bridgehead atoms. The van der Waals surface area contributed by atoms with Crippen molar-refractivity contribution in [3.05, 3.63) is 59.7 Å². The molecule has 4 heteroatoms. The summed E-state index contributed by atoms with van der Waals surface area (Å²) in [5.41, 5.74) is 2.34. The van der Waals surface area contributed by atoms with Gasteiger partial charge in [0.15, 0.2) is 0 Å². The maximum absolute atomic E-state index is 12.1. The third kappa shape index (κ3) is 5.52. The van der Waals surface area contributed by atoms with E-state index in [0.717, 1.165) is 17.7 Å². The highest BCUT2D eigenvalue weighted by molar-refractivity contribution is 5.31. The summed E-state index contributed by atoms with van der Waals surface area (Å²) in [4.78, 5) is 0. The normalized spacial score (nSPS) is 12.5. The lowest BCUT2D eigenvalue weighted by atomic mass is 9.98. The van der Waals surface area contributed by atoms with Gasteiger partial charge in [-0.1, -0.05) is 45.0 Å². The van der Waals surface area contributed by atoms with Crippen molar-refractivity contribution >= 4 is 0 Å². The van der Waals surface area contributed by atoms with E-state index in [0.29, 0.717) is 12.5 Å². The molecule has 0 aliphatic heterocycles. The van der Waals surface area contributed by atoms with Crippen molar-refractivity contribution < 1.29 is 18.3 Å². The summed E-state index contributed by atoms with van der Waals surface area (Å²) in [6.45, 7) is 4.23. The van der Waals surface area contributed by atoms with E-state index < -0.39 is 6.61 Å². The van der Waals surface area contributed by atoms with Crippen LogP contribution >= 0.6 is 0 Å². The SMILES string of the molecule is CC(C)c1cccc(OCCC(C)c2ccc(OC(F)F)cc2)c1. The zero-order valence-electron chi connectivity index (χ0n) is 14.3. The van der Waals surface area contributed by atoms with Crippen LogP contribution in [0.1, 0.15) is 50.2 Å². The van der Waals surface area contributed by atoms with E-state index in [9.17, 15) is 8.78 Å². The van der Waals surface area contributed by atoms with Crippen LogP contribution in [0.5, 0.6) is 11.5 Å². The zero-order valence-corrected chi connectivity index (χ0v) is 14.3. The molecule has 130 valence electrons. The highest BCUT2D eigenvalue weighted by atomic mass is 19.3. The van der Waals surface area contributed by atoms with Gasteiger partial charge in [-0.25, -0.2) is 0 Å². The van der Waals surface area contributed by atoms with Gasteiger partial charge in [0.1, 0.15) is 11.5 Å². The highest BCUT2D eigenvalue weighted by Crippen LogP contribution is 2.24. The number of alkyl halides is 2. The Labute approximate surface area is 142 Å². The Morgan fingerprint density at radius 3 is 2.21 bits per heavy atom. The molecular weight excluding hydrogens is 310 g/mol. The molecule has 0 N–H and O–H groups in total. The van der Waals surface area contributed by atoms with E-state index in [1.165, 1.54) is 5.56 Å². The van der Waals surface area contributed by atoms with E-state index in [1.54, 1.807) is 12.1 Å². The average molecular weight is 334 g/mol. The second kappa shape index (κ2) is 8.67. The molecule has 1 atom stereocenters. The van der Waals surface area contributed by atoms with Crippen LogP contribution in [0.4, 0.5) is 8.78 Å². The Hall–Kier alpha value is -2.10. The summed E-state index contributed by atoms with van der Waals surface area (Å²) in [5, 5.41) is 0. The molecule has 2 aromatic rings. The molecule has 0 saturated carbocycles. The topological polar surface area (TPSA) is 18.5 Å². The molecule has 0 aliphatic carbocycles. The van der Waals surface area contributed by atoms with Crippen molar-refractivity contribution in [2.45, 2.75) is 45.6 Å². The van der Waals surface area contributed by atoms with Gasteiger partial charge in [0.05, 0.1) is 6.61 Å². The highest BCUT2D eigenvalue weighted by Gasteiger charge is 2.09. The minimum atomic E-state index is -2.79. The third-order valence-electron chi connectivity index (χ3n) is 4.02. The Morgan fingerprint density at radius 1 is 0.875 bits per heavy atom. The van der Waals surface area contributed by atoms with Crippen LogP contribution in [-0.2, 0) is 0 Å². The van der Waals surface area contributed by atoms with Crippen LogP contribution in [0.15, 0.2) is 48.5 Å². The first-order valence-corrected chi connectivity index (χ1v) is 8.23. The lowest BCUT2D eigenvalue weighted by molar-refractivity contribution is -0.0498. The Balaban J connectivity index is 1.84. The molecule has 2 rings (SSSR count). The van der Waals surface area contributed by atoms with Gasteiger partial charge in [0.2, 0.25) is 0 Å². The molecule has 0 heterocycles. The number of hydrogen-bond acceptors (Lipinski definition) is 2. The van der Waals surface area contributed by atoms with E-state index in [4.69, 9.17) is 4.74 Å². The minimum absolute atomic E-state index is 0.183. The van der Waals surface area contributed by atoms with Gasteiger partial charge in [-0.15, -0.1) is 0 Å². The molecule has 0 amide bonds. The monoisotopic (exact) mass is 334 g/mol. The third-order valence-corrected chi connectivity index (χ3v) is 4.02. The summed E-state index contributed by atoms with van der Waals surface area (Å²) in [6.07, 6.45) is 0.848. The molecule has 2 aromatic carbocycles. The van der Waals surface area contributed by atoms with Crippen LogP contribution in [0.25, 0.3) is 0 Å². The molecular formula is C20H24F2O2. The molecule has 0 aliphatic rings. The maximum Gasteiger partial charge on any atom is 0.387 e. The molecule has 0 saturated heterocycles.